The smallest absolute Gasteiger partial charge is 0.311 e. The minimum Gasteiger partial charge on any atom is -0.488 e. The Balaban J connectivity index is 1.14. The van der Waals surface area contributed by atoms with Crippen LogP contribution in [0, 0.1) is 12.8 Å². The van der Waals surface area contributed by atoms with Gasteiger partial charge in [-0.15, -0.1) is 0 Å². The van der Waals surface area contributed by atoms with Crippen LogP contribution < -0.4 is 19.5 Å². The number of carboxylic acids is 1. The third kappa shape index (κ3) is 4.90. The van der Waals surface area contributed by atoms with E-state index in [9.17, 15) is 15.0 Å². The maximum Gasteiger partial charge on any atom is 0.311 e. The van der Waals surface area contributed by atoms with Crippen molar-refractivity contribution in [2.75, 3.05) is 26.4 Å². The molecule has 3 N–H and O–H groups in total. The molecule has 1 saturated carbocycles. The lowest BCUT2D eigenvalue weighted by molar-refractivity contribution is -0.139. The number of aliphatic hydroxyl groups excluding tert-OH is 1. The Bertz CT molecular complexity index is 1150. The van der Waals surface area contributed by atoms with Gasteiger partial charge in [-0.05, 0) is 62.9 Å². The lowest BCUT2D eigenvalue weighted by Crippen LogP contribution is -2.46. The average molecular weight is 498 g/mol. The van der Waals surface area contributed by atoms with Crippen LogP contribution in [0.15, 0.2) is 30.3 Å². The van der Waals surface area contributed by atoms with Crippen molar-refractivity contribution in [3.05, 3.63) is 52.6 Å². The summed E-state index contributed by atoms with van der Waals surface area (Å²) >= 11 is 0. The molecule has 0 radical (unpaired) electrons. The maximum atomic E-state index is 11.5. The van der Waals surface area contributed by atoms with Crippen molar-refractivity contribution in [1.29, 1.82) is 0 Å². The van der Waals surface area contributed by atoms with Crippen LogP contribution >= 0.6 is 0 Å². The van der Waals surface area contributed by atoms with E-state index in [2.05, 4.69) is 19.2 Å². The number of rotatable bonds is 10. The van der Waals surface area contributed by atoms with Gasteiger partial charge in [0.25, 0.3) is 0 Å². The second-order valence-electron chi connectivity index (χ2n) is 10.7. The molecular weight excluding hydrogens is 462 g/mol. The molecule has 2 aliphatic heterocycles. The third-order valence-corrected chi connectivity index (χ3v) is 7.30. The molecule has 1 fully saturated rings. The highest BCUT2D eigenvalue weighted by Gasteiger charge is 2.64. The van der Waals surface area contributed by atoms with Crippen molar-refractivity contribution >= 4 is 5.97 Å². The van der Waals surface area contributed by atoms with Crippen LogP contribution in [0.2, 0.25) is 0 Å². The highest BCUT2D eigenvalue weighted by molar-refractivity contribution is 5.79. The van der Waals surface area contributed by atoms with E-state index in [0.29, 0.717) is 19.8 Å². The SMILES string of the molecule is Cc1ccc([C@@H](C)OCC(O)CNC(C)(C)Cc2ccc3c(c2)OCCO3)c2c1O[C@@H]1[C@@H](C(=O)O)[C@H]21. The number of aryl methyl sites for hydroxylation is 1. The predicted molar refractivity (Wildman–Crippen MR) is 133 cm³/mol. The van der Waals surface area contributed by atoms with Gasteiger partial charge in [0, 0.05) is 23.6 Å². The number of ether oxygens (including phenoxy) is 4. The van der Waals surface area contributed by atoms with Gasteiger partial charge >= 0.3 is 5.97 Å². The summed E-state index contributed by atoms with van der Waals surface area (Å²) in [6.07, 6.45) is -0.508. The van der Waals surface area contributed by atoms with Crippen molar-refractivity contribution < 1.29 is 34.0 Å². The molecule has 1 unspecified atom stereocenters. The number of β-amino-alcohol motifs (C(OH)–C–C–N with tert-alkyl or cyclic N) is 1. The van der Waals surface area contributed by atoms with Gasteiger partial charge in [0.05, 0.1) is 18.8 Å². The Labute approximate surface area is 211 Å². The van der Waals surface area contributed by atoms with Crippen molar-refractivity contribution in [1.82, 2.24) is 5.32 Å². The number of benzene rings is 2. The van der Waals surface area contributed by atoms with E-state index in [1.54, 1.807) is 0 Å². The molecule has 0 spiro atoms. The Kier molecular flexibility index (Phi) is 6.61. The molecule has 8 nitrogen and oxygen atoms in total. The fourth-order valence-electron chi connectivity index (χ4n) is 5.35. The maximum absolute atomic E-state index is 11.5. The number of nitrogens with one attached hydrogen (secondary N) is 1. The van der Waals surface area contributed by atoms with Gasteiger partial charge < -0.3 is 34.5 Å². The van der Waals surface area contributed by atoms with Gasteiger partial charge in [0.1, 0.15) is 31.0 Å². The summed E-state index contributed by atoms with van der Waals surface area (Å²) in [4.78, 5) is 11.5. The first-order valence-electron chi connectivity index (χ1n) is 12.6. The van der Waals surface area contributed by atoms with Gasteiger partial charge in [-0.1, -0.05) is 18.2 Å². The van der Waals surface area contributed by atoms with E-state index in [4.69, 9.17) is 18.9 Å². The van der Waals surface area contributed by atoms with Crippen molar-refractivity contribution in [3.63, 3.8) is 0 Å². The number of hydrogen-bond acceptors (Lipinski definition) is 7. The van der Waals surface area contributed by atoms with Crippen LogP contribution in [0.4, 0.5) is 0 Å². The normalized spacial score (nSPS) is 23.3. The lowest BCUT2D eigenvalue weighted by Gasteiger charge is -2.29. The van der Waals surface area contributed by atoms with Crippen LogP contribution in [0.5, 0.6) is 17.2 Å². The molecule has 5 atom stereocenters. The molecule has 194 valence electrons. The number of aliphatic carboxylic acids is 1. The molecule has 0 aromatic heterocycles. The Morgan fingerprint density at radius 3 is 2.69 bits per heavy atom. The molecular formula is C28H35NO7. The fourth-order valence-corrected chi connectivity index (χ4v) is 5.35. The van der Waals surface area contributed by atoms with Gasteiger partial charge in [0.15, 0.2) is 11.5 Å². The fraction of sp³-hybridized carbons (Fsp3) is 0.536. The van der Waals surface area contributed by atoms with Crippen LogP contribution in [0.1, 0.15) is 55.0 Å². The minimum absolute atomic E-state index is 0.119. The third-order valence-electron chi connectivity index (χ3n) is 7.30. The van der Waals surface area contributed by atoms with Gasteiger partial charge in [-0.3, -0.25) is 4.79 Å². The van der Waals surface area contributed by atoms with Crippen LogP contribution in [-0.2, 0) is 16.0 Å². The summed E-state index contributed by atoms with van der Waals surface area (Å²) in [5, 5.41) is 23.5. The van der Waals surface area contributed by atoms with Crippen LogP contribution in [0.25, 0.3) is 0 Å². The van der Waals surface area contributed by atoms with Crippen molar-refractivity contribution in [2.24, 2.45) is 5.92 Å². The highest BCUT2D eigenvalue weighted by atomic mass is 16.6. The Morgan fingerprint density at radius 1 is 1.19 bits per heavy atom. The zero-order chi connectivity index (χ0) is 25.6. The van der Waals surface area contributed by atoms with E-state index in [0.717, 1.165) is 45.9 Å². The standard InChI is InChI=1S/C28H35NO7/c1-15-5-7-19(22-23-24(27(31)32)26(23)36-25(15)22)16(2)35-14-18(30)13-29-28(3,4)12-17-6-8-20-21(11-17)34-10-9-33-20/h5-8,11,16,18,23-24,26,29-30H,9-10,12-14H2,1-4H3,(H,31,32)/t16-,18?,23+,24+,26+/m1/s1. The zero-order valence-corrected chi connectivity index (χ0v) is 21.2. The van der Waals surface area contributed by atoms with Crippen LogP contribution in [0.3, 0.4) is 0 Å². The Morgan fingerprint density at radius 2 is 1.94 bits per heavy atom. The number of carbonyl (C=O) groups is 1. The second-order valence-corrected chi connectivity index (χ2v) is 10.7. The monoisotopic (exact) mass is 497 g/mol. The first kappa shape index (κ1) is 24.9. The van der Waals surface area contributed by atoms with E-state index >= 15 is 0 Å². The largest absolute Gasteiger partial charge is 0.488 e. The highest BCUT2D eigenvalue weighted by Crippen LogP contribution is 2.61. The molecule has 8 heteroatoms. The van der Waals surface area contributed by atoms with Gasteiger partial charge in [0.2, 0.25) is 0 Å². The number of hydrogen-bond donors (Lipinski definition) is 3. The first-order chi connectivity index (χ1) is 17.1. The predicted octanol–water partition coefficient (Wildman–Crippen LogP) is 3.37. The molecule has 0 bridgehead atoms. The van der Waals surface area contributed by atoms with E-state index in [-0.39, 0.29) is 30.3 Å². The number of fused-ring (bicyclic) bond motifs is 4. The first-order valence-corrected chi connectivity index (χ1v) is 12.6. The summed E-state index contributed by atoms with van der Waals surface area (Å²) < 4.78 is 23.3. The summed E-state index contributed by atoms with van der Waals surface area (Å²) in [5.41, 5.74) is 3.77. The lowest BCUT2D eigenvalue weighted by atomic mass is 9.94. The van der Waals surface area contributed by atoms with Crippen molar-refractivity contribution in [3.8, 4) is 17.2 Å². The topological polar surface area (TPSA) is 106 Å². The van der Waals surface area contributed by atoms with Gasteiger partial charge in [-0.2, -0.15) is 0 Å². The number of aliphatic hydroxyl groups is 1. The molecule has 1 aliphatic carbocycles. The Hall–Kier alpha value is -2.81. The molecule has 5 rings (SSSR count). The summed E-state index contributed by atoms with van der Waals surface area (Å²) in [6, 6.07) is 9.97. The molecule has 2 heterocycles. The van der Waals surface area contributed by atoms with Gasteiger partial charge in [-0.25, -0.2) is 0 Å². The second kappa shape index (κ2) is 9.57. The molecule has 2 aromatic rings. The molecule has 2 aromatic carbocycles. The molecule has 0 saturated heterocycles. The zero-order valence-electron chi connectivity index (χ0n) is 21.2. The molecule has 36 heavy (non-hydrogen) atoms. The quantitative estimate of drug-likeness (QED) is 0.459. The summed E-state index contributed by atoms with van der Waals surface area (Å²) in [5.74, 6) is 0.912. The molecule has 3 aliphatic rings. The van der Waals surface area contributed by atoms with E-state index in [1.807, 2.05) is 44.2 Å². The van der Waals surface area contributed by atoms with Crippen molar-refractivity contribution in [2.45, 2.75) is 63.9 Å². The van der Waals surface area contributed by atoms with E-state index in [1.165, 1.54) is 0 Å². The average Bonchev–Trinajstić information content (AvgIpc) is 3.43. The number of carboxylic acid groups (broad SMARTS) is 1. The molecule has 0 amide bonds. The summed E-state index contributed by atoms with van der Waals surface area (Å²) in [7, 11) is 0. The van der Waals surface area contributed by atoms with Crippen LogP contribution in [-0.4, -0.2) is 60.3 Å². The van der Waals surface area contributed by atoms with E-state index < -0.39 is 18.0 Å². The minimum atomic E-state index is -0.822. The summed E-state index contributed by atoms with van der Waals surface area (Å²) in [6.45, 7) is 9.77.